The molecule has 8 nitrogen and oxygen atoms in total. The lowest BCUT2D eigenvalue weighted by atomic mass is 9.76. The van der Waals surface area contributed by atoms with Crippen LogP contribution < -0.4 is 16.4 Å². The van der Waals surface area contributed by atoms with E-state index < -0.39 is 35.2 Å². The number of carbonyl (C=O) groups excluding carboxylic acids is 4. The molecule has 2 saturated heterocycles. The van der Waals surface area contributed by atoms with Crippen molar-refractivity contribution in [3.63, 3.8) is 0 Å². The first-order valence-corrected chi connectivity index (χ1v) is 10.1. The number of halogens is 1. The molecule has 4 rings (SSSR count). The quantitative estimate of drug-likeness (QED) is 0.618. The Labute approximate surface area is 173 Å². The summed E-state index contributed by atoms with van der Waals surface area (Å²) < 4.78 is 0. The van der Waals surface area contributed by atoms with Crippen molar-refractivity contribution in [2.75, 3.05) is 5.32 Å². The first-order valence-electron chi connectivity index (χ1n) is 9.77. The Hall–Kier alpha value is -2.45. The summed E-state index contributed by atoms with van der Waals surface area (Å²) in [5.74, 6) is -3.24. The van der Waals surface area contributed by atoms with E-state index in [-0.39, 0.29) is 30.7 Å². The van der Waals surface area contributed by atoms with Crippen LogP contribution in [0.5, 0.6) is 0 Å². The summed E-state index contributed by atoms with van der Waals surface area (Å²) in [6.45, 7) is 3.71. The molecule has 1 spiro atoms. The van der Waals surface area contributed by atoms with Gasteiger partial charge in [0.15, 0.2) is 0 Å². The Morgan fingerprint density at radius 2 is 2.03 bits per heavy atom. The maximum atomic E-state index is 13.4. The number of nitrogens with one attached hydrogen (secondary N) is 2. The van der Waals surface area contributed by atoms with Gasteiger partial charge in [-0.1, -0.05) is 30.7 Å². The van der Waals surface area contributed by atoms with Crippen molar-refractivity contribution in [2.45, 2.75) is 50.7 Å². The van der Waals surface area contributed by atoms with E-state index in [0.29, 0.717) is 22.7 Å². The van der Waals surface area contributed by atoms with E-state index in [1.165, 1.54) is 4.90 Å². The van der Waals surface area contributed by atoms with Crippen molar-refractivity contribution in [1.82, 2.24) is 10.2 Å². The molecule has 5 atom stereocenters. The molecule has 1 aromatic carbocycles. The molecule has 0 aliphatic carbocycles. The number of amides is 4. The van der Waals surface area contributed by atoms with Gasteiger partial charge in [0.05, 0.1) is 22.5 Å². The van der Waals surface area contributed by atoms with Crippen molar-refractivity contribution in [2.24, 2.45) is 17.6 Å². The summed E-state index contributed by atoms with van der Waals surface area (Å²) >= 11 is 6.28. The Bertz CT molecular complexity index is 935. The van der Waals surface area contributed by atoms with Crippen LogP contribution in [0.25, 0.3) is 0 Å². The normalized spacial score (nSPS) is 31.2. The minimum absolute atomic E-state index is 0.0474. The molecule has 3 aliphatic rings. The van der Waals surface area contributed by atoms with E-state index in [1.54, 1.807) is 18.2 Å². The lowest BCUT2D eigenvalue weighted by Gasteiger charge is -2.31. The maximum absolute atomic E-state index is 13.4. The fourth-order valence-corrected chi connectivity index (χ4v) is 5.20. The molecule has 29 heavy (non-hydrogen) atoms. The summed E-state index contributed by atoms with van der Waals surface area (Å²) in [5.41, 5.74) is 4.91. The fourth-order valence-electron chi connectivity index (χ4n) is 4.98. The van der Waals surface area contributed by atoms with Crippen LogP contribution in [0, 0.1) is 11.8 Å². The van der Waals surface area contributed by atoms with Crippen molar-refractivity contribution < 1.29 is 19.2 Å². The van der Waals surface area contributed by atoms with E-state index in [0.717, 1.165) is 0 Å². The van der Waals surface area contributed by atoms with E-state index in [4.69, 9.17) is 17.3 Å². The molecule has 4 amide bonds. The molecular weight excluding hydrogens is 396 g/mol. The second-order valence-electron chi connectivity index (χ2n) is 7.99. The van der Waals surface area contributed by atoms with Crippen LogP contribution in [0.4, 0.5) is 5.69 Å². The topological polar surface area (TPSA) is 122 Å². The summed E-state index contributed by atoms with van der Waals surface area (Å²) in [7, 11) is 0. The van der Waals surface area contributed by atoms with Crippen LogP contribution in [-0.4, -0.2) is 40.6 Å². The van der Waals surface area contributed by atoms with Gasteiger partial charge in [-0.2, -0.15) is 0 Å². The molecule has 1 aromatic rings. The highest BCUT2D eigenvalue weighted by Crippen LogP contribution is 2.54. The Balaban J connectivity index is 1.86. The van der Waals surface area contributed by atoms with Gasteiger partial charge < -0.3 is 11.1 Å². The molecule has 9 heteroatoms. The predicted molar refractivity (Wildman–Crippen MR) is 106 cm³/mol. The van der Waals surface area contributed by atoms with Crippen molar-refractivity contribution in [3.8, 4) is 0 Å². The van der Waals surface area contributed by atoms with Crippen LogP contribution in [-0.2, 0) is 24.7 Å². The molecule has 0 aromatic heterocycles. The smallest absolute Gasteiger partial charge is 0.250 e. The number of likely N-dealkylation sites (tertiary alicyclic amines) is 1. The predicted octanol–water partition coefficient (Wildman–Crippen LogP) is 1.12. The number of primary amides is 1. The first-order chi connectivity index (χ1) is 13.7. The Kier molecular flexibility index (Phi) is 4.66. The number of rotatable bonds is 5. The number of carbonyl (C=O) groups is 4. The summed E-state index contributed by atoms with van der Waals surface area (Å²) in [6, 6.07) is 4.30. The number of nitrogens with two attached hydrogens (primary N) is 1. The van der Waals surface area contributed by atoms with Crippen molar-refractivity contribution in [1.29, 1.82) is 0 Å². The van der Waals surface area contributed by atoms with Gasteiger partial charge in [0.2, 0.25) is 23.6 Å². The summed E-state index contributed by atoms with van der Waals surface area (Å²) in [5, 5.41) is 6.39. The third kappa shape index (κ3) is 2.62. The number of anilines is 1. The molecule has 154 valence electrons. The molecule has 4 N–H and O–H groups in total. The molecule has 3 heterocycles. The van der Waals surface area contributed by atoms with Gasteiger partial charge in [0.1, 0.15) is 5.54 Å². The number of imide groups is 1. The zero-order valence-corrected chi connectivity index (χ0v) is 17.0. The molecule has 0 bridgehead atoms. The third-order valence-corrected chi connectivity index (χ3v) is 6.78. The van der Waals surface area contributed by atoms with Gasteiger partial charge in [0, 0.05) is 24.1 Å². The number of fused-ring (bicyclic) bond motifs is 4. The lowest BCUT2D eigenvalue weighted by Crippen LogP contribution is -2.54. The minimum Gasteiger partial charge on any atom is -0.370 e. The zero-order valence-electron chi connectivity index (χ0n) is 16.2. The minimum atomic E-state index is -1.40. The monoisotopic (exact) mass is 418 g/mol. The fraction of sp³-hybridized carbons (Fsp3) is 0.500. The van der Waals surface area contributed by atoms with Crippen molar-refractivity contribution >= 4 is 40.9 Å². The third-order valence-electron chi connectivity index (χ3n) is 6.47. The number of hydrogen-bond acceptors (Lipinski definition) is 5. The van der Waals surface area contributed by atoms with Gasteiger partial charge in [-0.05, 0) is 25.8 Å². The van der Waals surface area contributed by atoms with E-state index in [9.17, 15) is 19.2 Å². The molecule has 0 unspecified atom stereocenters. The van der Waals surface area contributed by atoms with Gasteiger partial charge in [-0.25, -0.2) is 0 Å². The zero-order chi connectivity index (χ0) is 21.1. The highest BCUT2D eigenvalue weighted by Gasteiger charge is 2.70. The lowest BCUT2D eigenvalue weighted by molar-refractivity contribution is -0.145. The van der Waals surface area contributed by atoms with Gasteiger partial charge in [-0.3, -0.25) is 29.4 Å². The summed E-state index contributed by atoms with van der Waals surface area (Å²) in [6.07, 6.45) is 0.915. The van der Waals surface area contributed by atoms with E-state index >= 15 is 0 Å². The van der Waals surface area contributed by atoms with Crippen LogP contribution >= 0.6 is 11.6 Å². The Morgan fingerprint density at radius 1 is 1.31 bits per heavy atom. The Morgan fingerprint density at radius 3 is 2.69 bits per heavy atom. The number of nitrogens with zero attached hydrogens (tertiary/aromatic N) is 1. The standard InChI is InChI=1S/C20H23ClN4O4/c1-3-9(2)25-17(27)14-12(7-8-13(22)26)24-20(15(14)18(25)28)10-5-4-6-11(21)16(10)23-19(20)29/h4-6,9,12,14-15,24H,3,7-8H2,1-2H3,(H2,22,26)(H,23,29)/t9-,12-,14-,15+,20-/m1/s1. The highest BCUT2D eigenvalue weighted by molar-refractivity contribution is 6.35. The van der Waals surface area contributed by atoms with Gasteiger partial charge in [-0.15, -0.1) is 0 Å². The molecule has 3 aliphatic heterocycles. The van der Waals surface area contributed by atoms with E-state index in [2.05, 4.69) is 10.6 Å². The number of benzene rings is 1. The molecule has 0 saturated carbocycles. The van der Waals surface area contributed by atoms with E-state index in [1.807, 2.05) is 13.8 Å². The highest BCUT2D eigenvalue weighted by atomic mass is 35.5. The summed E-state index contributed by atoms with van der Waals surface area (Å²) in [4.78, 5) is 52.6. The second kappa shape index (κ2) is 6.81. The molecular formula is C20H23ClN4O4. The average Bonchev–Trinajstić information content (AvgIpc) is 3.26. The number of hydrogen-bond donors (Lipinski definition) is 3. The van der Waals surface area contributed by atoms with Crippen LogP contribution in [0.2, 0.25) is 5.02 Å². The van der Waals surface area contributed by atoms with Gasteiger partial charge in [0.25, 0.3) is 0 Å². The van der Waals surface area contributed by atoms with Crippen LogP contribution in [0.15, 0.2) is 18.2 Å². The van der Waals surface area contributed by atoms with Crippen LogP contribution in [0.1, 0.15) is 38.7 Å². The average molecular weight is 419 g/mol. The molecule has 2 fully saturated rings. The van der Waals surface area contributed by atoms with Gasteiger partial charge >= 0.3 is 0 Å². The van der Waals surface area contributed by atoms with Crippen LogP contribution in [0.3, 0.4) is 0 Å². The number of para-hydroxylation sites is 1. The first kappa shape index (κ1) is 19.8. The maximum Gasteiger partial charge on any atom is 0.250 e. The SMILES string of the molecule is CC[C@@H](C)N1C(=O)[C@H]2[C@@H](C1=O)[C@@]1(N[C@@H]2CCC(N)=O)C(=O)Nc2c(Cl)cccc21. The van der Waals surface area contributed by atoms with Crippen molar-refractivity contribution in [3.05, 3.63) is 28.8 Å². The second-order valence-corrected chi connectivity index (χ2v) is 8.39. The largest absolute Gasteiger partial charge is 0.370 e. The molecule has 0 radical (unpaired) electrons.